The highest BCUT2D eigenvalue weighted by molar-refractivity contribution is 7.18. The summed E-state index contributed by atoms with van der Waals surface area (Å²) < 4.78 is 53.0. The standard InChI is InChI=1S/C35H33F2N7O4S/c1-18-23(36)12-21(13-24(18)37)26-16-43(42-39-26)27-15-28(47-29-17-46-33(48-31(27)29)20-8-6-5-7-9-20)32-40-41-34(35(3,4)45)44(32)22-10-11-25-30(14-22)49-19(2)38-25/h5-14,16,27-29,31,33,45H,15,17H2,1-4H3. The molecule has 2 saturated heterocycles. The second kappa shape index (κ2) is 12.1. The van der Waals surface area contributed by atoms with Crippen LogP contribution < -0.4 is 0 Å². The molecule has 0 aliphatic carbocycles. The van der Waals surface area contributed by atoms with Crippen LogP contribution in [0, 0.1) is 25.5 Å². The van der Waals surface area contributed by atoms with Crippen molar-refractivity contribution in [3.63, 3.8) is 0 Å². The SMILES string of the molecule is Cc1nc2ccc(-n3c(C4CC(n5cc(-c6cc(F)c(C)c(F)c6)nn5)C5OC(c6ccccc6)OCC5O4)nnc3C(C)(C)O)cc2s1. The van der Waals surface area contributed by atoms with E-state index in [4.69, 9.17) is 14.2 Å². The van der Waals surface area contributed by atoms with Gasteiger partial charge in [0.2, 0.25) is 0 Å². The molecule has 2 aliphatic rings. The van der Waals surface area contributed by atoms with Gasteiger partial charge in [-0.25, -0.2) is 18.4 Å². The first kappa shape index (κ1) is 31.8. The Bertz CT molecular complexity index is 2140. The molecule has 0 bridgehead atoms. The molecule has 49 heavy (non-hydrogen) atoms. The van der Waals surface area contributed by atoms with Gasteiger partial charge in [0, 0.05) is 23.1 Å². The zero-order valence-electron chi connectivity index (χ0n) is 27.1. The van der Waals surface area contributed by atoms with Gasteiger partial charge in [0.05, 0.1) is 39.8 Å². The molecule has 252 valence electrons. The molecule has 11 nitrogen and oxygen atoms in total. The lowest BCUT2D eigenvalue weighted by atomic mass is 9.93. The Hall–Kier alpha value is -4.47. The summed E-state index contributed by atoms with van der Waals surface area (Å²) in [6.45, 7) is 6.88. The van der Waals surface area contributed by atoms with Crippen LogP contribution in [0.1, 0.15) is 66.5 Å². The van der Waals surface area contributed by atoms with Crippen LogP contribution in [0.15, 0.2) is 66.9 Å². The fourth-order valence-electron chi connectivity index (χ4n) is 6.52. The van der Waals surface area contributed by atoms with Crippen molar-refractivity contribution in [1.82, 2.24) is 34.7 Å². The number of benzene rings is 3. The Morgan fingerprint density at radius 3 is 2.49 bits per heavy atom. The highest BCUT2D eigenvalue weighted by Gasteiger charge is 2.48. The lowest BCUT2D eigenvalue weighted by Gasteiger charge is -2.45. The molecule has 6 aromatic rings. The first-order chi connectivity index (χ1) is 23.5. The maximum absolute atomic E-state index is 14.5. The van der Waals surface area contributed by atoms with Crippen molar-refractivity contribution in [1.29, 1.82) is 0 Å². The summed E-state index contributed by atoms with van der Waals surface area (Å²) in [6.07, 6.45) is -0.374. The first-order valence-electron chi connectivity index (χ1n) is 15.9. The summed E-state index contributed by atoms with van der Waals surface area (Å²) in [5.41, 5.74) is 1.67. The van der Waals surface area contributed by atoms with Crippen molar-refractivity contribution in [3.8, 4) is 16.9 Å². The third-order valence-corrected chi connectivity index (χ3v) is 9.93. The van der Waals surface area contributed by atoms with Crippen LogP contribution in [0.5, 0.6) is 0 Å². The quantitative estimate of drug-likeness (QED) is 0.211. The molecule has 3 aromatic carbocycles. The molecule has 8 rings (SSSR count). The Balaban J connectivity index is 1.20. The van der Waals surface area contributed by atoms with Crippen molar-refractivity contribution < 1.29 is 28.1 Å². The van der Waals surface area contributed by atoms with Gasteiger partial charge in [-0.05, 0) is 58.0 Å². The minimum absolute atomic E-state index is 0.0621. The van der Waals surface area contributed by atoms with E-state index in [-0.39, 0.29) is 17.7 Å². The van der Waals surface area contributed by atoms with Gasteiger partial charge >= 0.3 is 0 Å². The van der Waals surface area contributed by atoms with E-state index in [9.17, 15) is 13.9 Å². The number of rotatable bonds is 6. The van der Waals surface area contributed by atoms with Crippen molar-refractivity contribution in [2.45, 2.75) is 70.4 Å². The van der Waals surface area contributed by atoms with Gasteiger partial charge in [-0.15, -0.1) is 26.6 Å². The molecule has 5 heterocycles. The van der Waals surface area contributed by atoms with E-state index in [2.05, 4.69) is 25.5 Å². The molecular formula is C35H33F2N7O4S. The number of aliphatic hydroxyl groups is 1. The van der Waals surface area contributed by atoms with Gasteiger partial charge in [0.25, 0.3) is 0 Å². The van der Waals surface area contributed by atoms with Crippen LogP contribution in [0.25, 0.3) is 27.2 Å². The number of ether oxygens (including phenoxy) is 3. The number of fused-ring (bicyclic) bond motifs is 2. The second-order valence-electron chi connectivity index (χ2n) is 13.0. The van der Waals surface area contributed by atoms with Crippen LogP contribution >= 0.6 is 11.3 Å². The number of halogens is 2. The van der Waals surface area contributed by atoms with Crippen LogP contribution in [0.4, 0.5) is 8.78 Å². The first-order valence-corrected chi connectivity index (χ1v) is 16.8. The van der Waals surface area contributed by atoms with Gasteiger partial charge < -0.3 is 19.3 Å². The smallest absolute Gasteiger partial charge is 0.184 e. The molecule has 2 fully saturated rings. The third kappa shape index (κ3) is 5.82. The fraction of sp³-hybridized carbons (Fsp3) is 0.343. The van der Waals surface area contributed by atoms with Gasteiger partial charge in [0.1, 0.15) is 41.2 Å². The van der Waals surface area contributed by atoms with E-state index in [1.807, 2.05) is 60.0 Å². The summed E-state index contributed by atoms with van der Waals surface area (Å²) in [6, 6.07) is 17.5. The summed E-state index contributed by atoms with van der Waals surface area (Å²) in [5, 5.41) is 29.9. The Labute approximate surface area is 284 Å². The van der Waals surface area contributed by atoms with Crippen LogP contribution in [0.2, 0.25) is 0 Å². The molecule has 5 unspecified atom stereocenters. The van der Waals surface area contributed by atoms with E-state index in [1.165, 1.54) is 19.1 Å². The number of hydrogen-bond donors (Lipinski definition) is 1. The molecule has 5 atom stereocenters. The minimum Gasteiger partial charge on any atom is -0.382 e. The molecule has 0 amide bonds. The summed E-state index contributed by atoms with van der Waals surface area (Å²) in [5.74, 6) is -0.503. The predicted molar refractivity (Wildman–Crippen MR) is 176 cm³/mol. The fourth-order valence-corrected chi connectivity index (χ4v) is 7.38. The topological polar surface area (TPSA) is 122 Å². The Morgan fingerprint density at radius 1 is 0.959 bits per heavy atom. The number of thiazole rings is 1. The minimum atomic E-state index is -1.33. The summed E-state index contributed by atoms with van der Waals surface area (Å²) in [7, 11) is 0. The van der Waals surface area contributed by atoms with Crippen LogP contribution in [-0.4, -0.2) is 58.7 Å². The van der Waals surface area contributed by atoms with Gasteiger partial charge in [-0.3, -0.25) is 4.57 Å². The molecule has 1 N–H and O–H groups in total. The third-order valence-electron chi connectivity index (χ3n) is 8.99. The Morgan fingerprint density at radius 2 is 1.73 bits per heavy atom. The van der Waals surface area contributed by atoms with Crippen LogP contribution in [0.3, 0.4) is 0 Å². The van der Waals surface area contributed by atoms with Crippen molar-refractivity contribution in [2.75, 3.05) is 6.61 Å². The maximum Gasteiger partial charge on any atom is 0.184 e. The van der Waals surface area contributed by atoms with Crippen LogP contribution in [-0.2, 0) is 19.8 Å². The van der Waals surface area contributed by atoms with Gasteiger partial charge in [-0.2, -0.15) is 0 Å². The molecular weight excluding hydrogens is 652 g/mol. The van der Waals surface area contributed by atoms with Crippen molar-refractivity contribution in [3.05, 3.63) is 106 Å². The lowest BCUT2D eigenvalue weighted by Crippen LogP contribution is -2.51. The van der Waals surface area contributed by atoms with E-state index >= 15 is 0 Å². The zero-order chi connectivity index (χ0) is 34.0. The number of aryl methyl sites for hydroxylation is 1. The van der Waals surface area contributed by atoms with Gasteiger partial charge in [-0.1, -0.05) is 35.5 Å². The monoisotopic (exact) mass is 685 g/mol. The van der Waals surface area contributed by atoms with E-state index < -0.39 is 47.9 Å². The average Bonchev–Trinajstić information content (AvgIpc) is 3.84. The molecule has 3 aromatic heterocycles. The second-order valence-corrected chi connectivity index (χ2v) is 14.2. The number of aromatic nitrogens is 7. The molecule has 0 saturated carbocycles. The highest BCUT2D eigenvalue weighted by atomic mass is 32.1. The predicted octanol–water partition coefficient (Wildman–Crippen LogP) is 6.44. The average molecular weight is 686 g/mol. The maximum atomic E-state index is 14.5. The van der Waals surface area contributed by atoms with E-state index in [0.29, 0.717) is 23.8 Å². The summed E-state index contributed by atoms with van der Waals surface area (Å²) >= 11 is 1.57. The lowest BCUT2D eigenvalue weighted by molar-refractivity contribution is -0.302. The van der Waals surface area contributed by atoms with Crippen molar-refractivity contribution >= 4 is 21.6 Å². The molecule has 14 heteroatoms. The largest absolute Gasteiger partial charge is 0.382 e. The number of nitrogens with zero attached hydrogens (tertiary/aromatic N) is 7. The normalized spacial score (nSPS) is 22.8. The van der Waals surface area contributed by atoms with E-state index in [1.54, 1.807) is 36.1 Å². The molecule has 2 aliphatic heterocycles. The van der Waals surface area contributed by atoms with Crippen molar-refractivity contribution in [2.24, 2.45) is 0 Å². The Kier molecular flexibility index (Phi) is 7.87. The zero-order valence-corrected chi connectivity index (χ0v) is 27.9. The molecule has 0 radical (unpaired) electrons. The molecule has 0 spiro atoms. The summed E-state index contributed by atoms with van der Waals surface area (Å²) in [4.78, 5) is 4.59. The number of hydrogen-bond acceptors (Lipinski definition) is 10. The highest BCUT2D eigenvalue weighted by Crippen LogP contribution is 2.44. The van der Waals surface area contributed by atoms with E-state index in [0.717, 1.165) is 26.5 Å². The van der Waals surface area contributed by atoms with Gasteiger partial charge in [0.15, 0.2) is 17.9 Å².